The van der Waals surface area contributed by atoms with E-state index >= 15 is 0 Å². The molecular formula is C11H20N4O2S. The number of nitrogens with two attached hydrogens (primary N) is 1. The molecule has 0 radical (unpaired) electrons. The highest BCUT2D eigenvalue weighted by molar-refractivity contribution is 7.89. The van der Waals surface area contributed by atoms with Crippen LogP contribution in [-0.2, 0) is 17.1 Å². The van der Waals surface area contributed by atoms with Crippen molar-refractivity contribution < 1.29 is 8.42 Å². The predicted molar refractivity (Wildman–Crippen MR) is 68.5 cm³/mol. The normalized spacial score (nSPS) is 22.3. The first-order valence-corrected chi connectivity index (χ1v) is 7.59. The molecule has 0 saturated carbocycles. The lowest BCUT2D eigenvalue weighted by molar-refractivity contribution is 0.271. The van der Waals surface area contributed by atoms with Gasteiger partial charge in [-0.15, -0.1) is 0 Å². The second kappa shape index (κ2) is 4.99. The van der Waals surface area contributed by atoms with Crippen molar-refractivity contribution >= 4 is 10.0 Å². The summed E-state index contributed by atoms with van der Waals surface area (Å²) in [5.74, 6) is 0.958. The number of hydrogen-bond acceptors (Lipinski definition) is 4. The van der Waals surface area contributed by atoms with Crippen LogP contribution in [0.5, 0.6) is 0 Å². The smallest absolute Gasteiger partial charge is 0.262 e. The Morgan fingerprint density at radius 3 is 2.83 bits per heavy atom. The molecule has 2 rings (SSSR count). The van der Waals surface area contributed by atoms with Crippen LogP contribution in [0.1, 0.15) is 18.7 Å². The van der Waals surface area contributed by atoms with Gasteiger partial charge in [0.1, 0.15) is 5.82 Å². The van der Waals surface area contributed by atoms with Crippen LogP contribution < -0.4 is 5.73 Å². The second-order valence-corrected chi connectivity index (χ2v) is 6.73. The number of sulfonamides is 1. The Morgan fingerprint density at radius 1 is 1.56 bits per heavy atom. The van der Waals surface area contributed by atoms with Crippen molar-refractivity contribution in [2.75, 3.05) is 19.6 Å². The molecule has 1 aromatic heterocycles. The Kier molecular flexibility index (Phi) is 3.74. The van der Waals surface area contributed by atoms with E-state index in [1.807, 2.05) is 0 Å². The van der Waals surface area contributed by atoms with Gasteiger partial charge < -0.3 is 10.3 Å². The molecule has 6 nitrogen and oxygen atoms in total. The fourth-order valence-electron chi connectivity index (χ4n) is 2.22. The molecule has 1 atom stereocenters. The van der Waals surface area contributed by atoms with Crippen molar-refractivity contribution in [1.29, 1.82) is 0 Å². The molecule has 1 aliphatic heterocycles. The van der Waals surface area contributed by atoms with Gasteiger partial charge in [0.05, 0.1) is 0 Å². The van der Waals surface area contributed by atoms with Crippen LogP contribution in [0.4, 0.5) is 0 Å². The topological polar surface area (TPSA) is 81.2 Å². The molecule has 0 spiro atoms. The molecule has 0 amide bonds. The monoisotopic (exact) mass is 272 g/mol. The third-order valence-corrected chi connectivity index (χ3v) is 5.24. The number of nitrogens with zero attached hydrogens (tertiary/aromatic N) is 3. The summed E-state index contributed by atoms with van der Waals surface area (Å²) in [4.78, 5) is 4.11. The Balaban J connectivity index is 2.25. The lowest BCUT2D eigenvalue weighted by Gasteiger charge is -2.30. The summed E-state index contributed by atoms with van der Waals surface area (Å²) in [6, 6.07) is 0. The standard InChI is InChI=1S/C11H20N4O2S/c1-9-13-11(8-14(9)2)18(16,17)15-5-3-4-10(6-12)7-15/h8,10H,3-7,12H2,1-2H3. The Bertz CT molecular complexity index is 504. The van der Waals surface area contributed by atoms with Crippen molar-refractivity contribution in [3.05, 3.63) is 12.0 Å². The maximum absolute atomic E-state index is 12.4. The van der Waals surface area contributed by atoms with Crippen LogP contribution in [0.2, 0.25) is 0 Å². The van der Waals surface area contributed by atoms with Gasteiger partial charge in [-0.3, -0.25) is 0 Å². The molecule has 1 aromatic rings. The van der Waals surface area contributed by atoms with E-state index in [2.05, 4.69) is 4.98 Å². The van der Waals surface area contributed by atoms with Gasteiger partial charge in [0.2, 0.25) is 0 Å². The minimum atomic E-state index is -3.46. The molecule has 0 bridgehead atoms. The molecule has 2 heterocycles. The minimum Gasteiger partial charge on any atom is -0.337 e. The van der Waals surface area contributed by atoms with E-state index in [0.717, 1.165) is 12.8 Å². The molecule has 7 heteroatoms. The molecule has 1 aliphatic rings. The minimum absolute atomic E-state index is 0.139. The fourth-order valence-corrected chi connectivity index (χ4v) is 3.80. The van der Waals surface area contributed by atoms with Gasteiger partial charge in [0.25, 0.3) is 10.0 Å². The third-order valence-electron chi connectivity index (χ3n) is 3.51. The largest absolute Gasteiger partial charge is 0.337 e. The first kappa shape index (κ1) is 13.5. The van der Waals surface area contributed by atoms with E-state index < -0.39 is 10.0 Å². The van der Waals surface area contributed by atoms with Crippen LogP contribution >= 0.6 is 0 Å². The third kappa shape index (κ3) is 2.43. The van der Waals surface area contributed by atoms with E-state index in [9.17, 15) is 8.42 Å². The Labute approximate surface area is 108 Å². The molecule has 1 unspecified atom stereocenters. The maximum Gasteiger partial charge on any atom is 0.262 e. The van der Waals surface area contributed by atoms with E-state index in [0.29, 0.717) is 25.5 Å². The molecule has 1 saturated heterocycles. The quantitative estimate of drug-likeness (QED) is 0.845. The average Bonchev–Trinajstić information content (AvgIpc) is 2.70. The number of piperidine rings is 1. The number of hydrogen-bond donors (Lipinski definition) is 1. The summed E-state index contributed by atoms with van der Waals surface area (Å²) < 4.78 is 28.1. The van der Waals surface area contributed by atoms with Gasteiger partial charge in [-0.2, -0.15) is 4.31 Å². The van der Waals surface area contributed by atoms with Gasteiger partial charge in [0.15, 0.2) is 5.03 Å². The SMILES string of the molecule is Cc1nc(S(=O)(=O)N2CCCC(CN)C2)cn1C. The van der Waals surface area contributed by atoms with Crippen molar-refractivity contribution in [1.82, 2.24) is 13.9 Å². The van der Waals surface area contributed by atoms with E-state index in [1.54, 1.807) is 24.7 Å². The van der Waals surface area contributed by atoms with Crippen LogP contribution in [0.15, 0.2) is 11.2 Å². The summed E-state index contributed by atoms with van der Waals surface area (Å²) in [6.45, 7) is 3.40. The van der Waals surface area contributed by atoms with Crippen molar-refractivity contribution in [2.24, 2.45) is 18.7 Å². The zero-order valence-corrected chi connectivity index (χ0v) is 11.7. The van der Waals surface area contributed by atoms with Crippen LogP contribution in [0.3, 0.4) is 0 Å². The highest BCUT2D eigenvalue weighted by Crippen LogP contribution is 2.22. The van der Waals surface area contributed by atoms with Crippen molar-refractivity contribution in [3.63, 3.8) is 0 Å². The number of aryl methyl sites for hydroxylation is 2. The zero-order chi connectivity index (χ0) is 13.3. The summed E-state index contributed by atoms with van der Waals surface area (Å²) in [7, 11) is -1.67. The van der Waals surface area contributed by atoms with E-state index in [-0.39, 0.29) is 10.9 Å². The average molecular weight is 272 g/mol. The second-order valence-electron chi connectivity index (χ2n) is 4.84. The van der Waals surface area contributed by atoms with Crippen molar-refractivity contribution in [2.45, 2.75) is 24.8 Å². The summed E-state index contributed by atoms with van der Waals surface area (Å²) >= 11 is 0. The Hall–Kier alpha value is -0.920. The van der Waals surface area contributed by atoms with Crippen LogP contribution in [-0.4, -0.2) is 41.9 Å². The van der Waals surface area contributed by atoms with E-state index in [4.69, 9.17) is 5.73 Å². The first-order valence-electron chi connectivity index (χ1n) is 6.15. The zero-order valence-electron chi connectivity index (χ0n) is 10.8. The van der Waals surface area contributed by atoms with Crippen LogP contribution in [0, 0.1) is 12.8 Å². The predicted octanol–water partition coefficient (Wildman–Crippen LogP) is 0.0879. The van der Waals surface area contributed by atoms with Crippen molar-refractivity contribution in [3.8, 4) is 0 Å². The Morgan fingerprint density at radius 2 is 2.28 bits per heavy atom. The molecule has 0 aliphatic carbocycles. The highest BCUT2D eigenvalue weighted by Gasteiger charge is 2.31. The van der Waals surface area contributed by atoms with Gasteiger partial charge in [-0.1, -0.05) is 0 Å². The molecule has 18 heavy (non-hydrogen) atoms. The lowest BCUT2D eigenvalue weighted by atomic mass is 10.0. The van der Waals surface area contributed by atoms with Gasteiger partial charge in [-0.05, 0) is 32.2 Å². The molecule has 2 N–H and O–H groups in total. The molecule has 1 fully saturated rings. The maximum atomic E-state index is 12.4. The number of aromatic nitrogens is 2. The number of imidazole rings is 1. The molecule has 102 valence electrons. The van der Waals surface area contributed by atoms with Gasteiger partial charge >= 0.3 is 0 Å². The van der Waals surface area contributed by atoms with Gasteiger partial charge in [0, 0.05) is 26.3 Å². The summed E-state index contributed by atoms with van der Waals surface area (Å²) in [5.41, 5.74) is 5.63. The summed E-state index contributed by atoms with van der Waals surface area (Å²) in [6.07, 6.45) is 3.44. The highest BCUT2D eigenvalue weighted by atomic mass is 32.2. The first-order chi connectivity index (χ1) is 8.45. The van der Waals surface area contributed by atoms with Crippen LogP contribution in [0.25, 0.3) is 0 Å². The molecule has 0 aromatic carbocycles. The van der Waals surface area contributed by atoms with E-state index in [1.165, 1.54) is 4.31 Å². The fraction of sp³-hybridized carbons (Fsp3) is 0.727. The lowest BCUT2D eigenvalue weighted by Crippen LogP contribution is -2.42. The van der Waals surface area contributed by atoms with Gasteiger partial charge in [-0.25, -0.2) is 13.4 Å². The number of rotatable bonds is 3. The summed E-state index contributed by atoms with van der Waals surface area (Å²) in [5, 5.41) is 0.139. The molecular weight excluding hydrogens is 252 g/mol.